The molecule has 0 saturated carbocycles. The summed E-state index contributed by atoms with van der Waals surface area (Å²) < 4.78 is 7.98. The zero-order valence-electron chi connectivity index (χ0n) is 14.5. The zero-order valence-corrected chi connectivity index (χ0v) is 16.4. The number of hydrogen-bond donors (Lipinski definition) is 0. The average molecular weight is 413 g/mol. The normalized spacial score (nSPS) is 11.0. The fraction of sp³-hybridized carbons (Fsp3) is 0.0476. The van der Waals surface area contributed by atoms with Gasteiger partial charge in [0.15, 0.2) is 0 Å². The van der Waals surface area contributed by atoms with Gasteiger partial charge in [0.1, 0.15) is 0 Å². The Bertz CT molecular complexity index is 1130. The molecule has 0 atom stereocenters. The molecule has 0 fully saturated rings. The van der Waals surface area contributed by atoms with Crippen LogP contribution in [0.1, 0.15) is 11.1 Å². The summed E-state index contributed by atoms with van der Waals surface area (Å²) in [6.07, 6.45) is 3.52. The van der Waals surface area contributed by atoms with E-state index in [9.17, 15) is 0 Å². The summed E-state index contributed by atoms with van der Waals surface area (Å²) in [5, 5.41) is 8.90. The summed E-state index contributed by atoms with van der Waals surface area (Å²) >= 11 is -0.291. The van der Waals surface area contributed by atoms with E-state index in [-0.39, 0.29) is 15.8 Å². The van der Waals surface area contributed by atoms with Crippen molar-refractivity contribution in [3.8, 4) is 29.0 Å². The van der Waals surface area contributed by atoms with Gasteiger partial charge in [-0.25, -0.2) is 0 Å². The van der Waals surface area contributed by atoms with Crippen molar-refractivity contribution in [2.45, 2.75) is 6.92 Å². The second kappa shape index (κ2) is 7.57. The molecule has 4 rings (SSSR count). The molecule has 1 aromatic carbocycles. The van der Waals surface area contributed by atoms with E-state index in [4.69, 9.17) is 14.7 Å². The zero-order chi connectivity index (χ0) is 18.6. The third-order valence-electron chi connectivity index (χ3n) is 3.88. The summed E-state index contributed by atoms with van der Waals surface area (Å²) in [5.74, 6) is 1.13. The number of nitriles is 1. The number of oxazole rings is 1. The minimum absolute atomic E-state index is 0.291. The van der Waals surface area contributed by atoms with Gasteiger partial charge < -0.3 is 0 Å². The number of hydrogen-bond acceptors (Lipinski definition) is 5. The average Bonchev–Trinajstić information content (AvgIpc) is 3.19. The van der Waals surface area contributed by atoms with Crippen LogP contribution in [0.15, 0.2) is 71.4 Å². The van der Waals surface area contributed by atoms with Crippen molar-refractivity contribution in [2.24, 2.45) is 0 Å². The van der Waals surface area contributed by atoms with Crippen molar-refractivity contribution in [3.05, 3.63) is 78.1 Å². The predicted molar refractivity (Wildman–Crippen MR) is 104 cm³/mol. The molecule has 0 aliphatic rings. The van der Waals surface area contributed by atoms with Crippen LogP contribution >= 0.6 is 0 Å². The van der Waals surface area contributed by atoms with E-state index in [0.717, 1.165) is 20.2 Å². The molecule has 0 spiro atoms. The molecule has 0 amide bonds. The van der Waals surface area contributed by atoms with Gasteiger partial charge in [-0.3, -0.25) is 0 Å². The van der Waals surface area contributed by atoms with Crippen LogP contribution in [0.3, 0.4) is 0 Å². The first kappa shape index (κ1) is 17.2. The molecule has 0 unspecified atom stereocenters. The van der Waals surface area contributed by atoms with Gasteiger partial charge in [0.2, 0.25) is 0 Å². The van der Waals surface area contributed by atoms with Crippen LogP contribution in [0.4, 0.5) is 0 Å². The van der Waals surface area contributed by atoms with Crippen molar-refractivity contribution < 1.29 is 4.42 Å². The van der Waals surface area contributed by atoms with Crippen LogP contribution in [0.2, 0.25) is 0 Å². The number of nitrogens with zero attached hydrogens (tertiary/aromatic N) is 4. The Morgan fingerprint density at radius 1 is 1.00 bits per heavy atom. The summed E-state index contributed by atoms with van der Waals surface area (Å²) in [5.41, 5.74) is 3.39. The van der Waals surface area contributed by atoms with Crippen LogP contribution in [0, 0.1) is 18.3 Å². The van der Waals surface area contributed by atoms with Crippen LogP contribution in [-0.2, 0) is 0 Å². The summed E-state index contributed by atoms with van der Waals surface area (Å²) in [6.45, 7) is 2.06. The van der Waals surface area contributed by atoms with E-state index in [1.54, 1.807) is 18.3 Å². The molecule has 0 aliphatic heterocycles. The van der Waals surface area contributed by atoms with Gasteiger partial charge in [-0.15, -0.1) is 0 Å². The molecule has 0 aliphatic carbocycles. The molecule has 129 valence electrons. The summed E-state index contributed by atoms with van der Waals surface area (Å²) in [6, 6.07) is 19.3. The number of aryl methyl sites for hydroxylation is 1. The van der Waals surface area contributed by atoms with E-state index in [2.05, 4.69) is 29.0 Å². The quantitative estimate of drug-likeness (QED) is 0.481. The summed E-state index contributed by atoms with van der Waals surface area (Å²) in [7, 11) is 0. The SMILES string of the molecule is Cc1ccnc([As]c2cccc(-c3cnc(-c4ccc(C#N)cc4)o3)n2)c1. The number of pyridine rings is 2. The second-order valence-corrected chi connectivity index (χ2v) is 8.29. The molecular weight excluding hydrogens is 399 g/mol. The first-order chi connectivity index (χ1) is 13.2. The molecule has 3 aromatic heterocycles. The summed E-state index contributed by atoms with van der Waals surface area (Å²) in [4.78, 5) is 13.5. The molecule has 27 heavy (non-hydrogen) atoms. The Labute approximate surface area is 163 Å². The molecule has 5 nitrogen and oxygen atoms in total. The van der Waals surface area contributed by atoms with Crippen molar-refractivity contribution >= 4 is 24.7 Å². The minimum atomic E-state index is -0.291. The van der Waals surface area contributed by atoms with E-state index in [1.165, 1.54) is 5.56 Å². The first-order valence-corrected chi connectivity index (χ1v) is 10.2. The van der Waals surface area contributed by atoms with E-state index in [1.807, 2.05) is 42.6 Å². The number of benzene rings is 1. The van der Waals surface area contributed by atoms with Gasteiger partial charge in [-0.05, 0) is 0 Å². The van der Waals surface area contributed by atoms with Gasteiger partial charge >= 0.3 is 163 Å². The topological polar surface area (TPSA) is 75.6 Å². The number of aromatic nitrogens is 3. The molecule has 1 radical (unpaired) electrons. The van der Waals surface area contributed by atoms with Crippen molar-refractivity contribution in [1.82, 2.24) is 15.0 Å². The monoisotopic (exact) mass is 413 g/mol. The van der Waals surface area contributed by atoms with Crippen molar-refractivity contribution in [3.63, 3.8) is 0 Å². The standard InChI is InChI=1S/C21H14AsN4O/c1-14-9-10-24-20(11-14)22-19-4-2-3-17(26-19)18-13-25-21(27-18)16-7-5-15(12-23)6-8-16/h2-11,13H,1H3. The van der Waals surface area contributed by atoms with Gasteiger partial charge in [-0.1, -0.05) is 0 Å². The molecule has 4 aromatic rings. The van der Waals surface area contributed by atoms with Crippen LogP contribution in [0.5, 0.6) is 0 Å². The van der Waals surface area contributed by atoms with Crippen LogP contribution < -0.4 is 8.96 Å². The number of rotatable bonds is 4. The Morgan fingerprint density at radius 2 is 1.85 bits per heavy atom. The predicted octanol–water partition coefficient (Wildman–Crippen LogP) is 2.63. The molecule has 0 bridgehead atoms. The Morgan fingerprint density at radius 3 is 2.63 bits per heavy atom. The maximum atomic E-state index is 8.90. The molecular formula is C21H14AsN4O. The Kier molecular flexibility index (Phi) is 4.82. The molecule has 0 N–H and O–H groups in total. The Hall–Kier alpha value is -3.22. The third-order valence-corrected chi connectivity index (χ3v) is 5.88. The maximum absolute atomic E-state index is 8.90. The van der Waals surface area contributed by atoms with Crippen molar-refractivity contribution in [1.29, 1.82) is 5.26 Å². The van der Waals surface area contributed by atoms with Gasteiger partial charge in [0.05, 0.1) is 0 Å². The second-order valence-electron chi connectivity index (χ2n) is 5.90. The van der Waals surface area contributed by atoms with E-state index < -0.39 is 0 Å². The first-order valence-electron chi connectivity index (χ1n) is 8.29. The van der Waals surface area contributed by atoms with Gasteiger partial charge in [0, 0.05) is 0 Å². The third kappa shape index (κ3) is 3.97. The van der Waals surface area contributed by atoms with Gasteiger partial charge in [0.25, 0.3) is 0 Å². The van der Waals surface area contributed by atoms with E-state index in [0.29, 0.717) is 17.2 Å². The van der Waals surface area contributed by atoms with Crippen molar-refractivity contribution in [2.75, 3.05) is 0 Å². The molecule has 0 saturated heterocycles. The van der Waals surface area contributed by atoms with Crippen LogP contribution in [-0.4, -0.2) is 30.7 Å². The Balaban J connectivity index is 1.59. The fourth-order valence-electron chi connectivity index (χ4n) is 2.53. The van der Waals surface area contributed by atoms with Crippen LogP contribution in [0.25, 0.3) is 22.9 Å². The molecule has 3 heterocycles. The van der Waals surface area contributed by atoms with Gasteiger partial charge in [-0.2, -0.15) is 0 Å². The molecule has 6 heteroatoms. The van der Waals surface area contributed by atoms with E-state index >= 15 is 0 Å². The fourth-order valence-corrected chi connectivity index (χ4v) is 4.52.